The maximum absolute atomic E-state index is 11.7. The minimum Gasteiger partial charge on any atom is -0.480 e. The highest BCUT2D eigenvalue weighted by Crippen LogP contribution is 2.10. The molecule has 0 radical (unpaired) electrons. The van der Waals surface area contributed by atoms with Crippen molar-refractivity contribution in [2.24, 2.45) is 0 Å². The maximum Gasteiger partial charge on any atom is 0.326 e. The van der Waals surface area contributed by atoms with Crippen molar-refractivity contribution in [1.82, 2.24) is 5.32 Å². The maximum atomic E-state index is 11.7. The van der Waals surface area contributed by atoms with Crippen LogP contribution in [0.4, 0.5) is 0 Å². The lowest BCUT2D eigenvalue weighted by Gasteiger charge is -2.13. The highest BCUT2D eigenvalue weighted by molar-refractivity contribution is 5.84. The van der Waals surface area contributed by atoms with Crippen molar-refractivity contribution in [2.45, 2.75) is 32.7 Å². The van der Waals surface area contributed by atoms with Gasteiger partial charge in [0.15, 0.2) is 0 Å². The second kappa shape index (κ2) is 6.89. The van der Waals surface area contributed by atoms with Crippen molar-refractivity contribution in [3.8, 4) is 0 Å². The standard InChI is InChI=1S/C14H19NO4/c1-9-3-4-11(7-10(9)2)8-13(17)15-12(5-6-16)14(18)19/h3-4,7,12,16H,5-6,8H2,1-2H3,(H,15,17)(H,18,19). The topological polar surface area (TPSA) is 86.6 Å². The molecule has 0 bridgehead atoms. The molecule has 1 amide bonds. The number of benzene rings is 1. The first-order chi connectivity index (χ1) is 8.93. The predicted octanol–water partition coefficient (Wildman–Crippen LogP) is 0.798. The summed E-state index contributed by atoms with van der Waals surface area (Å²) in [5, 5.41) is 20.0. The highest BCUT2D eigenvalue weighted by Gasteiger charge is 2.19. The normalized spacial score (nSPS) is 11.9. The number of amides is 1. The molecule has 0 saturated carbocycles. The van der Waals surface area contributed by atoms with Crippen LogP contribution in [0, 0.1) is 13.8 Å². The zero-order valence-electron chi connectivity index (χ0n) is 11.1. The van der Waals surface area contributed by atoms with Crippen molar-refractivity contribution in [3.05, 3.63) is 34.9 Å². The van der Waals surface area contributed by atoms with E-state index in [-0.39, 0.29) is 25.4 Å². The van der Waals surface area contributed by atoms with E-state index in [1.165, 1.54) is 0 Å². The van der Waals surface area contributed by atoms with Gasteiger partial charge in [0.05, 0.1) is 6.42 Å². The van der Waals surface area contributed by atoms with E-state index >= 15 is 0 Å². The number of carbonyl (C=O) groups excluding carboxylic acids is 1. The van der Waals surface area contributed by atoms with Gasteiger partial charge >= 0.3 is 5.97 Å². The minimum absolute atomic E-state index is 0.00794. The molecule has 0 aromatic heterocycles. The molecule has 3 N–H and O–H groups in total. The molecule has 1 aromatic rings. The molecule has 104 valence electrons. The molecule has 0 saturated heterocycles. The van der Waals surface area contributed by atoms with Gasteiger partial charge in [-0.25, -0.2) is 4.79 Å². The number of carboxylic acids is 1. The Hall–Kier alpha value is -1.88. The number of aliphatic hydroxyl groups excluding tert-OH is 1. The Morgan fingerprint density at radius 1 is 1.26 bits per heavy atom. The first-order valence-corrected chi connectivity index (χ1v) is 6.13. The molecule has 0 aliphatic carbocycles. The van der Waals surface area contributed by atoms with E-state index in [0.29, 0.717) is 0 Å². The molecular formula is C14H19NO4. The highest BCUT2D eigenvalue weighted by atomic mass is 16.4. The first kappa shape index (κ1) is 15.2. The molecule has 1 aromatic carbocycles. The third kappa shape index (κ3) is 4.71. The van der Waals surface area contributed by atoms with Gasteiger partial charge in [-0.3, -0.25) is 4.79 Å². The van der Waals surface area contributed by atoms with Crippen molar-refractivity contribution < 1.29 is 19.8 Å². The van der Waals surface area contributed by atoms with Crippen LogP contribution in [0.5, 0.6) is 0 Å². The third-order valence-corrected chi connectivity index (χ3v) is 2.99. The van der Waals surface area contributed by atoms with Crippen LogP contribution in [-0.2, 0) is 16.0 Å². The molecule has 1 rings (SSSR count). The number of rotatable bonds is 6. The zero-order valence-corrected chi connectivity index (χ0v) is 11.1. The number of carboxylic acid groups (broad SMARTS) is 1. The van der Waals surface area contributed by atoms with Gasteiger partial charge in [0.25, 0.3) is 0 Å². The summed E-state index contributed by atoms with van der Waals surface area (Å²) in [5.41, 5.74) is 3.08. The van der Waals surface area contributed by atoms with E-state index in [1.807, 2.05) is 32.0 Å². The fourth-order valence-electron chi connectivity index (χ4n) is 1.73. The molecule has 5 heteroatoms. The van der Waals surface area contributed by atoms with Crippen LogP contribution in [0.2, 0.25) is 0 Å². The predicted molar refractivity (Wildman–Crippen MR) is 70.9 cm³/mol. The summed E-state index contributed by atoms with van der Waals surface area (Å²) in [6, 6.07) is 4.66. The van der Waals surface area contributed by atoms with Crippen molar-refractivity contribution in [1.29, 1.82) is 0 Å². The van der Waals surface area contributed by atoms with Gasteiger partial charge in [0.2, 0.25) is 5.91 Å². The summed E-state index contributed by atoms with van der Waals surface area (Å²) in [6.45, 7) is 3.67. The lowest BCUT2D eigenvalue weighted by molar-refractivity contribution is -0.142. The monoisotopic (exact) mass is 265 g/mol. The summed E-state index contributed by atoms with van der Waals surface area (Å²) >= 11 is 0. The summed E-state index contributed by atoms with van der Waals surface area (Å²) in [4.78, 5) is 22.6. The molecule has 0 heterocycles. The number of aryl methyl sites for hydroxylation is 2. The van der Waals surface area contributed by atoms with E-state index in [1.54, 1.807) is 0 Å². The van der Waals surface area contributed by atoms with E-state index in [0.717, 1.165) is 16.7 Å². The number of carbonyl (C=O) groups is 2. The Morgan fingerprint density at radius 3 is 2.47 bits per heavy atom. The van der Waals surface area contributed by atoms with Crippen LogP contribution in [0.1, 0.15) is 23.1 Å². The van der Waals surface area contributed by atoms with Gasteiger partial charge < -0.3 is 15.5 Å². The number of aliphatic carboxylic acids is 1. The van der Waals surface area contributed by atoms with Gasteiger partial charge in [0.1, 0.15) is 6.04 Å². The Balaban J connectivity index is 2.63. The quantitative estimate of drug-likeness (QED) is 0.710. The smallest absolute Gasteiger partial charge is 0.326 e. The second-order valence-electron chi connectivity index (χ2n) is 4.57. The fourth-order valence-corrected chi connectivity index (χ4v) is 1.73. The van der Waals surface area contributed by atoms with Crippen LogP contribution in [0.15, 0.2) is 18.2 Å². The molecule has 1 unspecified atom stereocenters. The molecule has 0 aliphatic heterocycles. The molecule has 0 spiro atoms. The zero-order chi connectivity index (χ0) is 14.4. The molecular weight excluding hydrogens is 246 g/mol. The van der Waals surface area contributed by atoms with Crippen molar-refractivity contribution in [3.63, 3.8) is 0 Å². The Kier molecular flexibility index (Phi) is 5.51. The number of aliphatic hydroxyl groups is 1. The van der Waals surface area contributed by atoms with Crippen molar-refractivity contribution >= 4 is 11.9 Å². The summed E-state index contributed by atoms with van der Waals surface area (Å²) in [6.07, 6.45) is 0.143. The Labute approximate surface area is 112 Å². The van der Waals surface area contributed by atoms with Gasteiger partial charge in [-0.1, -0.05) is 18.2 Å². The average molecular weight is 265 g/mol. The number of hydrogen-bond donors (Lipinski definition) is 3. The third-order valence-electron chi connectivity index (χ3n) is 2.99. The number of hydrogen-bond acceptors (Lipinski definition) is 3. The Morgan fingerprint density at radius 2 is 1.95 bits per heavy atom. The second-order valence-corrected chi connectivity index (χ2v) is 4.57. The number of nitrogens with one attached hydrogen (secondary N) is 1. The van der Waals surface area contributed by atoms with Crippen LogP contribution in [-0.4, -0.2) is 34.7 Å². The van der Waals surface area contributed by atoms with Gasteiger partial charge in [-0.2, -0.15) is 0 Å². The van der Waals surface area contributed by atoms with Crippen LogP contribution < -0.4 is 5.32 Å². The summed E-state index contributed by atoms with van der Waals surface area (Å²) < 4.78 is 0. The summed E-state index contributed by atoms with van der Waals surface area (Å²) in [7, 11) is 0. The molecule has 19 heavy (non-hydrogen) atoms. The minimum atomic E-state index is -1.14. The van der Waals surface area contributed by atoms with Crippen LogP contribution >= 0.6 is 0 Å². The molecule has 1 atom stereocenters. The van der Waals surface area contributed by atoms with E-state index in [9.17, 15) is 9.59 Å². The molecule has 0 aliphatic rings. The Bertz CT molecular complexity index is 471. The largest absolute Gasteiger partial charge is 0.480 e. The van der Waals surface area contributed by atoms with Gasteiger partial charge in [0, 0.05) is 13.0 Å². The van der Waals surface area contributed by atoms with Crippen LogP contribution in [0.25, 0.3) is 0 Å². The molecule has 0 fully saturated rings. The lowest BCUT2D eigenvalue weighted by atomic mass is 10.0. The van der Waals surface area contributed by atoms with Gasteiger partial charge in [-0.15, -0.1) is 0 Å². The van der Waals surface area contributed by atoms with E-state index in [2.05, 4.69) is 5.32 Å². The van der Waals surface area contributed by atoms with Gasteiger partial charge in [-0.05, 0) is 30.5 Å². The lowest BCUT2D eigenvalue weighted by Crippen LogP contribution is -2.42. The van der Waals surface area contributed by atoms with E-state index in [4.69, 9.17) is 10.2 Å². The average Bonchev–Trinajstić information content (AvgIpc) is 2.33. The summed E-state index contributed by atoms with van der Waals surface area (Å²) in [5.74, 6) is -1.49. The fraction of sp³-hybridized carbons (Fsp3) is 0.429. The van der Waals surface area contributed by atoms with E-state index < -0.39 is 12.0 Å². The first-order valence-electron chi connectivity index (χ1n) is 6.13. The van der Waals surface area contributed by atoms with Crippen LogP contribution in [0.3, 0.4) is 0 Å². The SMILES string of the molecule is Cc1ccc(CC(=O)NC(CCO)C(=O)O)cc1C. The molecule has 5 nitrogen and oxygen atoms in total. The van der Waals surface area contributed by atoms with Crippen molar-refractivity contribution in [2.75, 3.05) is 6.61 Å².